The molecular weight excluding hydrogens is 280 g/mol. The van der Waals surface area contributed by atoms with Gasteiger partial charge in [0.25, 0.3) is 0 Å². The van der Waals surface area contributed by atoms with E-state index in [2.05, 4.69) is 0 Å². The van der Waals surface area contributed by atoms with Crippen LogP contribution in [-0.4, -0.2) is 33.6 Å². The van der Waals surface area contributed by atoms with Gasteiger partial charge in [0.1, 0.15) is 11.4 Å². The fourth-order valence-corrected chi connectivity index (χ4v) is 2.57. The first-order chi connectivity index (χ1) is 9.27. The lowest BCUT2D eigenvalue weighted by Crippen LogP contribution is -2.37. The minimum absolute atomic E-state index is 0.00185. The molecule has 0 amide bonds. The van der Waals surface area contributed by atoms with Crippen molar-refractivity contribution in [1.29, 1.82) is 0 Å². The summed E-state index contributed by atoms with van der Waals surface area (Å²) in [6.45, 7) is 5.69. The fraction of sp³-hybridized carbons (Fsp3) is 0.462. The number of carbonyl (C=O) groups is 1. The van der Waals surface area contributed by atoms with Gasteiger partial charge in [0.2, 0.25) is 10.0 Å². The first-order valence-corrected chi connectivity index (χ1v) is 7.86. The molecule has 20 heavy (non-hydrogen) atoms. The van der Waals surface area contributed by atoms with Crippen molar-refractivity contribution in [2.45, 2.75) is 31.7 Å². The molecule has 0 aromatic heterocycles. The number of rotatable bonds is 6. The van der Waals surface area contributed by atoms with Crippen LogP contribution in [0.2, 0.25) is 0 Å². The molecule has 0 aliphatic heterocycles. The average molecular weight is 300 g/mol. The van der Waals surface area contributed by atoms with Gasteiger partial charge in [-0.3, -0.25) is 4.79 Å². The van der Waals surface area contributed by atoms with E-state index < -0.39 is 16.0 Å². The average Bonchev–Trinajstić information content (AvgIpc) is 2.35. The van der Waals surface area contributed by atoms with E-state index in [1.165, 1.54) is 6.07 Å². The van der Waals surface area contributed by atoms with Crippen LogP contribution in [0.3, 0.4) is 0 Å². The molecule has 6 nitrogen and oxygen atoms in total. The Morgan fingerprint density at radius 2 is 1.95 bits per heavy atom. The Bertz CT molecular complexity index is 569. The fourth-order valence-electron chi connectivity index (χ4n) is 1.83. The second-order valence-corrected chi connectivity index (χ2v) is 6.07. The van der Waals surface area contributed by atoms with Crippen molar-refractivity contribution in [2.75, 3.05) is 18.1 Å². The van der Waals surface area contributed by atoms with E-state index in [4.69, 9.17) is 9.88 Å². The second-order valence-electron chi connectivity index (χ2n) is 4.54. The second kappa shape index (κ2) is 6.71. The van der Waals surface area contributed by atoms with Crippen LogP contribution in [0.15, 0.2) is 29.2 Å². The molecule has 0 aliphatic rings. The Kier molecular flexibility index (Phi) is 5.52. The molecule has 1 rings (SSSR count). The molecule has 0 fully saturated rings. The van der Waals surface area contributed by atoms with Crippen LogP contribution in [0, 0.1) is 0 Å². The molecule has 0 radical (unpaired) electrons. The van der Waals surface area contributed by atoms with Crippen LogP contribution in [-0.2, 0) is 19.6 Å². The van der Waals surface area contributed by atoms with E-state index in [1.807, 2.05) is 13.8 Å². The summed E-state index contributed by atoms with van der Waals surface area (Å²) < 4.78 is 28.2. The molecule has 0 saturated heterocycles. The van der Waals surface area contributed by atoms with E-state index in [1.54, 1.807) is 30.0 Å². The largest absolute Gasteiger partial charge is 0.465 e. The zero-order chi connectivity index (χ0) is 15.3. The normalized spacial score (nSPS) is 11.4. The third-order valence-electron chi connectivity index (χ3n) is 2.71. The first-order valence-electron chi connectivity index (χ1n) is 6.31. The van der Waals surface area contributed by atoms with Crippen LogP contribution in [0.4, 0.5) is 5.69 Å². The molecule has 0 bridgehead atoms. The Hall–Kier alpha value is -1.60. The number of para-hydroxylation sites is 1. The molecule has 0 aliphatic carbocycles. The van der Waals surface area contributed by atoms with Gasteiger partial charge in [-0.25, -0.2) is 13.6 Å². The summed E-state index contributed by atoms with van der Waals surface area (Å²) >= 11 is 0. The van der Waals surface area contributed by atoms with Gasteiger partial charge < -0.3 is 9.64 Å². The SMILES string of the molecule is CCOC(=O)CN(c1ccccc1S(N)(=O)=O)C(C)C. The lowest BCUT2D eigenvalue weighted by Gasteiger charge is -2.29. The van der Waals surface area contributed by atoms with Crippen molar-refractivity contribution < 1.29 is 17.9 Å². The van der Waals surface area contributed by atoms with E-state index in [9.17, 15) is 13.2 Å². The number of nitrogens with zero attached hydrogens (tertiary/aromatic N) is 1. The van der Waals surface area contributed by atoms with Crippen molar-refractivity contribution in [1.82, 2.24) is 0 Å². The number of benzene rings is 1. The highest BCUT2D eigenvalue weighted by Gasteiger charge is 2.22. The van der Waals surface area contributed by atoms with Crippen molar-refractivity contribution >= 4 is 21.7 Å². The number of ether oxygens (including phenoxy) is 1. The molecule has 7 heteroatoms. The number of sulfonamides is 1. The maximum atomic E-state index is 11.6. The Morgan fingerprint density at radius 3 is 2.45 bits per heavy atom. The third-order valence-corrected chi connectivity index (χ3v) is 3.67. The number of primary sulfonamides is 1. The zero-order valence-electron chi connectivity index (χ0n) is 11.9. The smallest absolute Gasteiger partial charge is 0.325 e. The maximum absolute atomic E-state index is 11.6. The van der Waals surface area contributed by atoms with Gasteiger partial charge >= 0.3 is 5.97 Å². The Morgan fingerprint density at radius 1 is 1.35 bits per heavy atom. The van der Waals surface area contributed by atoms with Gasteiger partial charge in [-0.2, -0.15) is 0 Å². The summed E-state index contributed by atoms with van der Waals surface area (Å²) in [7, 11) is -3.85. The van der Waals surface area contributed by atoms with Crippen LogP contribution >= 0.6 is 0 Å². The van der Waals surface area contributed by atoms with Gasteiger partial charge in [0.05, 0.1) is 12.3 Å². The zero-order valence-corrected chi connectivity index (χ0v) is 12.7. The van der Waals surface area contributed by atoms with Gasteiger partial charge in [0.15, 0.2) is 0 Å². The molecule has 2 N–H and O–H groups in total. The van der Waals surface area contributed by atoms with Crippen molar-refractivity contribution in [3.05, 3.63) is 24.3 Å². The molecule has 0 heterocycles. The molecule has 0 spiro atoms. The summed E-state index contributed by atoms with van der Waals surface area (Å²) in [5.41, 5.74) is 0.401. The summed E-state index contributed by atoms with van der Waals surface area (Å²) in [4.78, 5) is 13.3. The van der Waals surface area contributed by atoms with Crippen molar-refractivity contribution in [3.63, 3.8) is 0 Å². The van der Waals surface area contributed by atoms with Gasteiger partial charge in [-0.15, -0.1) is 0 Å². The van der Waals surface area contributed by atoms with E-state index in [0.29, 0.717) is 5.69 Å². The third kappa shape index (κ3) is 4.21. The molecular formula is C13H20N2O4S. The minimum atomic E-state index is -3.85. The minimum Gasteiger partial charge on any atom is -0.465 e. The van der Waals surface area contributed by atoms with E-state index >= 15 is 0 Å². The number of carbonyl (C=O) groups excluding carboxylic acids is 1. The quantitative estimate of drug-likeness (QED) is 0.795. The van der Waals surface area contributed by atoms with Crippen LogP contribution in [0.5, 0.6) is 0 Å². The highest BCUT2D eigenvalue weighted by Crippen LogP contribution is 2.25. The van der Waals surface area contributed by atoms with Crippen molar-refractivity contribution in [3.8, 4) is 0 Å². The predicted molar refractivity (Wildman–Crippen MR) is 76.9 cm³/mol. The highest BCUT2D eigenvalue weighted by molar-refractivity contribution is 7.89. The van der Waals surface area contributed by atoms with E-state index in [0.717, 1.165) is 0 Å². The topological polar surface area (TPSA) is 89.7 Å². The molecule has 0 saturated carbocycles. The van der Waals surface area contributed by atoms with Crippen LogP contribution in [0.1, 0.15) is 20.8 Å². The van der Waals surface area contributed by atoms with E-state index in [-0.39, 0.29) is 24.1 Å². The van der Waals surface area contributed by atoms with Crippen LogP contribution < -0.4 is 10.0 Å². The number of nitrogens with two attached hydrogens (primary N) is 1. The molecule has 112 valence electrons. The summed E-state index contributed by atoms with van der Waals surface area (Å²) in [6.07, 6.45) is 0. The first kappa shape index (κ1) is 16.5. The summed E-state index contributed by atoms with van der Waals surface area (Å²) in [5.74, 6) is -0.412. The summed E-state index contributed by atoms with van der Waals surface area (Å²) in [5, 5.41) is 5.21. The Balaban J connectivity index is 3.20. The molecule has 1 aromatic carbocycles. The maximum Gasteiger partial charge on any atom is 0.325 e. The van der Waals surface area contributed by atoms with Gasteiger partial charge in [-0.05, 0) is 32.9 Å². The number of hydrogen-bond donors (Lipinski definition) is 1. The number of anilines is 1. The predicted octanol–water partition coefficient (Wildman–Crippen LogP) is 1.11. The number of hydrogen-bond acceptors (Lipinski definition) is 5. The summed E-state index contributed by atoms with van der Waals surface area (Å²) in [6, 6.07) is 6.25. The molecule has 0 unspecified atom stereocenters. The van der Waals surface area contributed by atoms with Gasteiger partial charge in [0, 0.05) is 6.04 Å². The highest BCUT2D eigenvalue weighted by atomic mass is 32.2. The lowest BCUT2D eigenvalue weighted by molar-refractivity contribution is -0.141. The molecule has 1 aromatic rings. The number of esters is 1. The van der Waals surface area contributed by atoms with Crippen LogP contribution in [0.25, 0.3) is 0 Å². The standard InChI is InChI=1S/C13H20N2O4S/c1-4-19-13(16)9-15(10(2)3)11-7-5-6-8-12(11)20(14,17)18/h5-8,10H,4,9H2,1-3H3,(H2,14,17,18). The monoisotopic (exact) mass is 300 g/mol. The Labute approximate surface area is 119 Å². The van der Waals surface area contributed by atoms with Crippen molar-refractivity contribution in [2.24, 2.45) is 5.14 Å². The van der Waals surface area contributed by atoms with Gasteiger partial charge in [-0.1, -0.05) is 12.1 Å². The lowest BCUT2D eigenvalue weighted by atomic mass is 10.2. The molecule has 0 atom stereocenters.